The summed E-state index contributed by atoms with van der Waals surface area (Å²) in [6.45, 7) is 4.56. The van der Waals surface area contributed by atoms with Crippen LogP contribution in [-0.2, 0) is 20.7 Å². The number of ether oxygens (including phenoxy) is 1. The van der Waals surface area contributed by atoms with Crippen molar-refractivity contribution in [3.05, 3.63) is 64.1 Å². The van der Waals surface area contributed by atoms with E-state index in [0.717, 1.165) is 0 Å². The molecule has 1 N–H and O–H groups in total. The van der Waals surface area contributed by atoms with Crippen LogP contribution in [-0.4, -0.2) is 18.2 Å². The molecule has 0 aliphatic rings. The van der Waals surface area contributed by atoms with Gasteiger partial charge in [0.1, 0.15) is 17.9 Å². The quantitative estimate of drug-likeness (QED) is 0.490. The standard InChI is InChI=1S/C18H20Cl2NO4P/c1-18(2,17(22)24-12-13-6-4-5-7-16(13)20)21-26(3,23)25-15-10-8-14(19)9-11-15/h4-11H,12H2,1-3H3,(H,21,23). The topological polar surface area (TPSA) is 64.6 Å². The summed E-state index contributed by atoms with van der Waals surface area (Å²) in [4.78, 5) is 12.4. The van der Waals surface area contributed by atoms with E-state index in [1.165, 1.54) is 6.66 Å². The molecule has 0 radical (unpaired) electrons. The highest BCUT2D eigenvalue weighted by atomic mass is 35.5. The fourth-order valence-electron chi connectivity index (χ4n) is 2.21. The summed E-state index contributed by atoms with van der Waals surface area (Å²) in [5.74, 6) is -0.188. The smallest absolute Gasteiger partial charge is 0.326 e. The van der Waals surface area contributed by atoms with Crippen LogP contribution in [0.3, 0.4) is 0 Å². The predicted molar refractivity (Wildman–Crippen MR) is 104 cm³/mol. The minimum absolute atomic E-state index is 0.0235. The third-order valence-corrected chi connectivity index (χ3v) is 5.55. The highest BCUT2D eigenvalue weighted by Crippen LogP contribution is 2.41. The molecule has 0 spiro atoms. The van der Waals surface area contributed by atoms with Crippen LogP contribution in [0.5, 0.6) is 5.75 Å². The van der Waals surface area contributed by atoms with Crippen LogP contribution in [0, 0.1) is 0 Å². The molecule has 0 aromatic heterocycles. The van der Waals surface area contributed by atoms with Crippen molar-refractivity contribution in [2.45, 2.75) is 26.0 Å². The second kappa shape index (κ2) is 8.45. The molecule has 2 aromatic carbocycles. The van der Waals surface area contributed by atoms with Gasteiger partial charge in [-0.3, -0.25) is 9.36 Å². The van der Waals surface area contributed by atoms with Gasteiger partial charge in [-0.25, -0.2) is 5.09 Å². The molecular formula is C18H20Cl2NO4P. The first kappa shape index (κ1) is 20.8. The number of nitrogens with one attached hydrogen (secondary N) is 1. The molecule has 2 rings (SSSR count). The van der Waals surface area contributed by atoms with E-state index in [1.807, 2.05) is 0 Å². The number of hydrogen-bond acceptors (Lipinski definition) is 4. The Labute approximate surface area is 163 Å². The first-order valence-electron chi connectivity index (χ1n) is 7.82. The largest absolute Gasteiger partial charge is 0.459 e. The summed E-state index contributed by atoms with van der Waals surface area (Å²) < 4.78 is 23.5. The van der Waals surface area contributed by atoms with Crippen molar-refractivity contribution in [2.75, 3.05) is 6.66 Å². The maximum Gasteiger partial charge on any atom is 0.326 e. The van der Waals surface area contributed by atoms with Crippen molar-refractivity contribution in [1.82, 2.24) is 5.09 Å². The van der Waals surface area contributed by atoms with Crippen molar-refractivity contribution in [3.8, 4) is 5.75 Å². The molecule has 0 fully saturated rings. The number of benzene rings is 2. The van der Waals surface area contributed by atoms with Gasteiger partial charge in [-0.2, -0.15) is 0 Å². The molecule has 2 aromatic rings. The molecular weight excluding hydrogens is 396 g/mol. The van der Waals surface area contributed by atoms with Gasteiger partial charge >= 0.3 is 13.5 Å². The van der Waals surface area contributed by atoms with Crippen LogP contribution in [0.15, 0.2) is 48.5 Å². The Balaban J connectivity index is 1.99. The highest BCUT2D eigenvalue weighted by Gasteiger charge is 2.36. The maximum absolute atomic E-state index is 12.7. The molecule has 0 amide bonds. The van der Waals surface area contributed by atoms with E-state index in [2.05, 4.69) is 5.09 Å². The van der Waals surface area contributed by atoms with Gasteiger partial charge < -0.3 is 9.26 Å². The summed E-state index contributed by atoms with van der Waals surface area (Å²) >= 11 is 11.9. The maximum atomic E-state index is 12.7. The zero-order valence-corrected chi connectivity index (χ0v) is 17.1. The Hall–Kier alpha value is -1.52. The monoisotopic (exact) mass is 415 g/mol. The molecule has 0 saturated carbocycles. The van der Waals surface area contributed by atoms with Crippen molar-refractivity contribution >= 4 is 36.7 Å². The number of esters is 1. The summed E-state index contributed by atoms with van der Waals surface area (Å²) in [7, 11) is -3.33. The molecule has 0 heterocycles. The van der Waals surface area contributed by atoms with Gasteiger partial charge in [-0.1, -0.05) is 41.4 Å². The lowest BCUT2D eigenvalue weighted by Gasteiger charge is -2.28. The predicted octanol–water partition coefficient (Wildman–Crippen LogP) is 5.31. The molecule has 140 valence electrons. The molecule has 26 heavy (non-hydrogen) atoms. The molecule has 1 atom stereocenters. The number of carbonyl (C=O) groups excluding carboxylic acids is 1. The number of halogens is 2. The number of carbonyl (C=O) groups is 1. The fourth-order valence-corrected chi connectivity index (χ4v) is 4.20. The average Bonchev–Trinajstić information content (AvgIpc) is 2.54. The lowest BCUT2D eigenvalue weighted by atomic mass is 10.1. The minimum atomic E-state index is -3.33. The van der Waals surface area contributed by atoms with Gasteiger partial charge in [-0.05, 0) is 44.2 Å². The van der Waals surface area contributed by atoms with Crippen LogP contribution >= 0.6 is 30.7 Å². The Morgan fingerprint density at radius 1 is 1.12 bits per heavy atom. The van der Waals surface area contributed by atoms with E-state index >= 15 is 0 Å². The Morgan fingerprint density at radius 2 is 1.73 bits per heavy atom. The van der Waals surface area contributed by atoms with Gasteiger partial charge in [0.25, 0.3) is 0 Å². The number of rotatable bonds is 7. The lowest BCUT2D eigenvalue weighted by Crippen LogP contribution is -2.46. The summed E-state index contributed by atoms with van der Waals surface area (Å²) in [5.41, 5.74) is -0.534. The summed E-state index contributed by atoms with van der Waals surface area (Å²) in [6.07, 6.45) is 0. The second-order valence-electron chi connectivity index (χ2n) is 6.30. The molecule has 0 saturated heterocycles. The van der Waals surface area contributed by atoms with E-state index in [1.54, 1.807) is 62.4 Å². The Morgan fingerprint density at radius 3 is 2.35 bits per heavy atom. The molecule has 1 unspecified atom stereocenters. The zero-order chi connectivity index (χ0) is 19.4. The highest BCUT2D eigenvalue weighted by molar-refractivity contribution is 7.56. The zero-order valence-electron chi connectivity index (χ0n) is 14.7. The lowest BCUT2D eigenvalue weighted by molar-refractivity contribution is -0.150. The average molecular weight is 416 g/mol. The minimum Gasteiger partial charge on any atom is -0.459 e. The Bertz CT molecular complexity index is 824. The van der Waals surface area contributed by atoms with Gasteiger partial charge in [0.2, 0.25) is 0 Å². The Kier molecular flexibility index (Phi) is 6.75. The fraction of sp³-hybridized carbons (Fsp3) is 0.278. The van der Waals surface area contributed by atoms with Gasteiger partial charge in [0.05, 0.1) is 0 Å². The van der Waals surface area contributed by atoms with E-state index in [9.17, 15) is 9.36 Å². The van der Waals surface area contributed by atoms with Gasteiger partial charge in [-0.15, -0.1) is 0 Å². The van der Waals surface area contributed by atoms with E-state index in [0.29, 0.717) is 21.4 Å². The van der Waals surface area contributed by atoms with E-state index in [-0.39, 0.29) is 6.61 Å². The van der Waals surface area contributed by atoms with Crippen molar-refractivity contribution in [1.29, 1.82) is 0 Å². The third kappa shape index (κ3) is 6.03. The third-order valence-electron chi connectivity index (χ3n) is 3.40. The van der Waals surface area contributed by atoms with Crippen LogP contribution < -0.4 is 9.61 Å². The first-order valence-corrected chi connectivity index (χ1v) is 10.6. The van der Waals surface area contributed by atoms with Crippen LogP contribution in [0.2, 0.25) is 10.0 Å². The summed E-state index contributed by atoms with van der Waals surface area (Å²) in [6, 6.07) is 13.5. The molecule has 0 bridgehead atoms. The van der Waals surface area contributed by atoms with Crippen LogP contribution in [0.1, 0.15) is 19.4 Å². The van der Waals surface area contributed by atoms with E-state index < -0.39 is 19.0 Å². The van der Waals surface area contributed by atoms with Crippen LogP contribution in [0.25, 0.3) is 0 Å². The molecule has 0 aliphatic carbocycles. The SMILES string of the molecule is CC(C)(NP(C)(=O)Oc1ccc(Cl)cc1)C(=O)OCc1ccccc1Cl. The van der Waals surface area contributed by atoms with E-state index in [4.69, 9.17) is 32.5 Å². The molecule has 8 heteroatoms. The normalized spacial score (nSPS) is 13.7. The van der Waals surface area contributed by atoms with Crippen molar-refractivity contribution < 1.29 is 18.6 Å². The van der Waals surface area contributed by atoms with Crippen molar-refractivity contribution in [2.24, 2.45) is 0 Å². The summed E-state index contributed by atoms with van der Waals surface area (Å²) in [5, 5.41) is 3.79. The first-order chi connectivity index (χ1) is 12.1. The van der Waals surface area contributed by atoms with Gasteiger partial charge in [0.15, 0.2) is 0 Å². The molecule has 0 aliphatic heterocycles. The molecule has 5 nitrogen and oxygen atoms in total. The van der Waals surface area contributed by atoms with Crippen molar-refractivity contribution in [3.63, 3.8) is 0 Å². The number of hydrogen-bond donors (Lipinski definition) is 1. The second-order valence-corrected chi connectivity index (χ2v) is 9.24. The van der Waals surface area contributed by atoms with Crippen LogP contribution in [0.4, 0.5) is 0 Å². The van der Waals surface area contributed by atoms with Gasteiger partial charge in [0, 0.05) is 22.3 Å².